The highest BCUT2D eigenvalue weighted by Gasteiger charge is 2.27. The van der Waals surface area contributed by atoms with Gasteiger partial charge in [0.2, 0.25) is 0 Å². The Bertz CT molecular complexity index is 1790. The van der Waals surface area contributed by atoms with E-state index in [0.717, 1.165) is 28.1 Å². The van der Waals surface area contributed by atoms with Gasteiger partial charge in [-0.25, -0.2) is 4.99 Å². The third kappa shape index (κ3) is 4.64. The number of benzene rings is 3. The number of fused-ring (bicyclic) bond motifs is 7. The Morgan fingerprint density at radius 2 is 1.60 bits per heavy atom. The first kappa shape index (κ1) is 26.1. The molecule has 40 heavy (non-hydrogen) atoms. The Labute approximate surface area is 234 Å². The van der Waals surface area contributed by atoms with Crippen LogP contribution >= 0.6 is 0 Å². The summed E-state index contributed by atoms with van der Waals surface area (Å²) in [6.45, 7) is 5.19. The average molecular weight is 533 g/mol. The Morgan fingerprint density at radius 3 is 2.42 bits per heavy atom. The standard InChI is InChI=1S/C35H36N2O3/c1-3-4-5-6-7-8-13-23(2)22-40-25-20-18-24(19-21-25)30-31-26-14-9-11-16-28(26)36-32(31)33-34(38)27-15-10-12-17-29(27)37(33)35(30)39/h9-12,14-21,23,38H,3-8,13,22H2,1-2H3. The molecule has 0 radical (unpaired) electrons. The zero-order chi connectivity index (χ0) is 27.6. The van der Waals surface area contributed by atoms with Gasteiger partial charge < -0.3 is 9.84 Å². The summed E-state index contributed by atoms with van der Waals surface area (Å²) in [7, 11) is 0. The Balaban J connectivity index is 1.32. The molecule has 5 nitrogen and oxygen atoms in total. The zero-order valence-electron chi connectivity index (χ0n) is 23.3. The van der Waals surface area contributed by atoms with Crippen LogP contribution in [0.25, 0.3) is 38.7 Å². The summed E-state index contributed by atoms with van der Waals surface area (Å²) in [4.78, 5) is 19.1. The molecular formula is C35H36N2O3. The van der Waals surface area contributed by atoms with Gasteiger partial charge in [-0.1, -0.05) is 94.8 Å². The molecule has 0 amide bonds. The van der Waals surface area contributed by atoms with Crippen molar-refractivity contribution < 1.29 is 9.84 Å². The number of rotatable bonds is 11. The molecule has 2 aromatic heterocycles. The molecule has 0 spiro atoms. The van der Waals surface area contributed by atoms with Crippen LogP contribution in [0.2, 0.25) is 0 Å². The SMILES string of the molecule is CCCCCCCCC(C)COc1ccc(-c2c3c(c4c(O)c5ccccc5n4c2=O)=Nc2ccccc2-3)cc1. The smallest absolute Gasteiger partial charge is 0.264 e. The maximum atomic E-state index is 14.2. The van der Waals surface area contributed by atoms with Gasteiger partial charge in [-0.3, -0.25) is 9.20 Å². The number of hydrogen-bond donors (Lipinski definition) is 1. The van der Waals surface area contributed by atoms with E-state index in [1.54, 1.807) is 4.40 Å². The molecule has 0 fully saturated rings. The molecule has 204 valence electrons. The fourth-order valence-corrected chi connectivity index (χ4v) is 5.96. The first-order valence-corrected chi connectivity index (χ1v) is 14.6. The molecule has 0 saturated heterocycles. The molecule has 0 saturated carbocycles. The van der Waals surface area contributed by atoms with E-state index in [-0.39, 0.29) is 11.3 Å². The van der Waals surface area contributed by atoms with E-state index in [9.17, 15) is 9.90 Å². The predicted octanol–water partition coefficient (Wildman–Crippen LogP) is 8.24. The average Bonchev–Trinajstić information content (AvgIpc) is 3.50. The van der Waals surface area contributed by atoms with Crippen molar-refractivity contribution in [2.75, 3.05) is 6.61 Å². The predicted molar refractivity (Wildman–Crippen MR) is 163 cm³/mol. The first-order valence-electron chi connectivity index (χ1n) is 14.6. The molecule has 1 aliphatic rings. The van der Waals surface area contributed by atoms with Crippen molar-refractivity contribution in [1.82, 2.24) is 4.40 Å². The van der Waals surface area contributed by atoms with E-state index in [2.05, 4.69) is 13.8 Å². The van der Waals surface area contributed by atoms with Crippen LogP contribution < -0.4 is 15.7 Å². The number of aromatic hydroxyl groups is 1. The van der Waals surface area contributed by atoms with E-state index in [1.807, 2.05) is 72.8 Å². The fraction of sp³-hybridized carbons (Fsp3) is 0.314. The highest BCUT2D eigenvalue weighted by Crippen LogP contribution is 2.40. The topological polar surface area (TPSA) is 63.3 Å². The summed E-state index contributed by atoms with van der Waals surface area (Å²) in [6.07, 6.45) is 9.03. The number of unbranched alkanes of at least 4 members (excludes halogenated alkanes) is 5. The molecule has 5 aromatic rings. The van der Waals surface area contributed by atoms with Crippen LogP contribution in [0, 0.1) is 5.92 Å². The van der Waals surface area contributed by atoms with Crippen molar-refractivity contribution in [2.24, 2.45) is 10.9 Å². The Hall–Kier alpha value is -4.12. The van der Waals surface area contributed by atoms with Crippen molar-refractivity contribution in [3.8, 4) is 33.8 Å². The maximum Gasteiger partial charge on any atom is 0.264 e. The van der Waals surface area contributed by atoms with Crippen LogP contribution in [0.4, 0.5) is 5.69 Å². The number of pyridine rings is 1. The van der Waals surface area contributed by atoms with Gasteiger partial charge in [0.25, 0.3) is 5.56 Å². The lowest BCUT2D eigenvalue weighted by atomic mass is 9.95. The fourth-order valence-electron chi connectivity index (χ4n) is 5.96. The molecule has 3 aromatic carbocycles. The molecule has 1 N–H and O–H groups in total. The van der Waals surface area contributed by atoms with E-state index >= 15 is 0 Å². The molecule has 6 rings (SSSR count). The van der Waals surface area contributed by atoms with Gasteiger partial charge in [0.1, 0.15) is 16.6 Å². The Kier molecular flexibility index (Phi) is 7.29. The van der Waals surface area contributed by atoms with Crippen molar-refractivity contribution >= 4 is 22.1 Å². The van der Waals surface area contributed by atoms with Gasteiger partial charge in [0.15, 0.2) is 5.75 Å². The summed E-state index contributed by atoms with van der Waals surface area (Å²) in [6, 6.07) is 23.1. The largest absolute Gasteiger partial charge is 0.505 e. The van der Waals surface area contributed by atoms with Crippen LogP contribution in [0.5, 0.6) is 11.5 Å². The van der Waals surface area contributed by atoms with Crippen molar-refractivity contribution in [3.05, 3.63) is 88.5 Å². The van der Waals surface area contributed by atoms with Gasteiger partial charge in [0, 0.05) is 16.5 Å². The van der Waals surface area contributed by atoms with Gasteiger partial charge >= 0.3 is 0 Å². The zero-order valence-corrected chi connectivity index (χ0v) is 23.3. The number of hydrogen-bond acceptors (Lipinski definition) is 4. The van der Waals surface area contributed by atoms with Crippen molar-refractivity contribution in [1.29, 1.82) is 0 Å². The summed E-state index contributed by atoms with van der Waals surface area (Å²) in [5, 5.41) is 12.5. The van der Waals surface area contributed by atoms with Crippen LogP contribution in [-0.2, 0) is 0 Å². The monoisotopic (exact) mass is 532 g/mol. The lowest BCUT2D eigenvalue weighted by Crippen LogP contribution is -2.23. The molecule has 1 atom stereocenters. The van der Waals surface area contributed by atoms with Crippen LogP contribution in [0.15, 0.2) is 82.6 Å². The molecule has 3 heterocycles. The summed E-state index contributed by atoms with van der Waals surface area (Å²) in [5.41, 5.74) is 4.83. The minimum absolute atomic E-state index is 0.0888. The molecule has 0 aliphatic carbocycles. The molecule has 5 heteroatoms. The molecule has 0 bridgehead atoms. The lowest BCUT2D eigenvalue weighted by molar-refractivity contribution is 0.249. The lowest BCUT2D eigenvalue weighted by Gasteiger charge is -2.14. The molecular weight excluding hydrogens is 496 g/mol. The molecule has 1 unspecified atom stereocenters. The number of aromatic nitrogens is 1. The second kappa shape index (κ2) is 11.2. The van der Waals surface area contributed by atoms with Gasteiger partial charge in [-0.15, -0.1) is 0 Å². The van der Waals surface area contributed by atoms with Crippen LogP contribution in [0.1, 0.15) is 58.8 Å². The van der Waals surface area contributed by atoms with E-state index < -0.39 is 0 Å². The summed E-state index contributed by atoms with van der Waals surface area (Å²) in [5.74, 6) is 1.39. The highest BCUT2D eigenvalue weighted by molar-refractivity contribution is 6.00. The summed E-state index contributed by atoms with van der Waals surface area (Å²) < 4.78 is 7.74. The van der Waals surface area contributed by atoms with Gasteiger partial charge in [-0.05, 0) is 48.2 Å². The van der Waals surface area contributed by atoms with Crippen LogP contribution in [0.3, 0.4) is 0 Å². The van der Waals surface area contributed by atoms with E-state index in [4.69, 9.17) is 9.73 Å². The minimum atomic E-state index is -0.168. The second-order valence-electron chi connectivity index (χ2n) is 11.1. The molecule has 1 aliphatic heterocycles. The van der Waals surface area contributed by atoms with Gasteiger partial charge in [-0.2, -0.15) is 0 Å². The number of para-hydroxylation sites is 2. The van der Waals surface area contributed by atoms with Crippen molar-refractivity contribution in [3.63, 3.8) is 0 Å². The van der Waals surface area contributed by atoms with E-state index in [1.165, 1.54) is 44.9 Å². The number of ether oxygens (including phenoxy) is 1. The normalized spacial score (nSPS) is 12.8. The highest BCUT2D eigenvalue weighted by atomic mass is 16.5. The van der Waals surface area contributed by atoms with E-state index in [0.29, 0.717) is 39.9 Å². The van der Waals surface area contributed by atoms with Gasteiger partial charge in [0.05, 0.1) is 23.4 Å². The van der Waals surface area contributed by atoms with Crippen molar-refractivity contribution in [2.45, 2.75) is 58.8 Å². The summed E-state index contributed by atoms with van der Waals surface area (Å²) >= 11 is 0. The van der Waals surface area contributed by atoms with Crippen LogP contribution in [-0.4, -0.2) is 16.1 Å². The third-order valence-corrected chi connectivity index (χ3v) is 8.11. The minimum Gasteiger partial charge on any atom is -0.505 e. The number of nitrogens with zero attached hydrogens (tertiary/aromatic N) is 2. The first-order chi connectivity index (χ1) is 19.6. The third-order valence-electron chi connectivity index (χ3n) is 8.11. The Morgan fingerprint density at radius 1 is 0.875 bits per heavy atom. The second-order valence-corrected chi connectivity index (χ2v) is 11.1. The maximum absolute atomic E-state index is 14.2. The quantitative estimate of drug-likeness (QED) is 0.171.